The Hall–Kier alpha value is -1.06. The van der Waals surface area contributed by atoms with Crippen LogP contribution in [0.25, 0.3) is 0 Å². The molecule has 1 aliphatic heterocycles. The zero-order valence-electron chi connectivity index (χ0n) is 7.38. The molecule has 1 spiro atoms. The standard InChI is InChI=1S/C9H12O4/c10-7-1-2-9(3-4-9)8(11)13-6-5-12-7/h1-6H2. The van der Waals surface area contributed by atoms with Crippen LogP contribution in [0.1, 0.15) is 25.7 Å². The maximum Gasteiger partial charge on any atom is 0.312 e. The molecule has 4 heteroatoms. The lowest BCUT2D eigenvalue weighted by Gasteiger charge is -2.10. The van der Waals surface area contributed by atoms with Gasteiger partial charge in [-0.05, 0) is 19.3 Å². The number of rotatable bonds is 0. The molecule has 4 nitrogen and oxygen atoms in total. The molecule has 0 aromatic carbocycles. The number of hydrogen-bond donors (Lipinski definition) is 0. The van der Waals surface area contributed by atoms with Gasteiger partial charge >= 0.3 is 11.9 Å². The summed E-state index contributed by atoms with van der Waals surface area (Å²) in [5.41, 5.74) is -0.330. The first-order chi connectivity index (χ1) is 6.23. The van der Waals surface area contributed by atoms with Crippen molar-refractivity contribution in [3.05, 3.63) is 0 Å². The van der Waals surface area contributed by atoms with E-state index >= 15 is 0 Å². The first-order valence-electron chi connectivity index (χ1n) is 4.56. The Bertz CT molecular complexity index is 242. The summed E-state index contributed by atoms with van der Waals surface area (Å²) in [6.07, 6.45) is 2.65. The first-order valence-corrected chi connectivity index (χ1v) is 4.56. The average molecular weight is 184 g/mol. The van der Waals surface area contributed by atoms with E-state index in [2.05, 4.69) is 0 Å². The summed E-state index contributed by atoms with van der Waals surface area (Å²) in [5, 5.41) is 0. The lowest BCUT2D eigenvalue weighted by atomic mass is 10.0. The van der Waals surface area contributed by atoms with Crippen molar-refractivity contribution >= 4 is 11.9 Å². The lowest BCUT2D eigenvalue weighted by Crippen LogP contribution is -2.19. The van der Waals surface area contributed by atoms with E-state index in [1.165, 1.54) is 0 Å². The third kappa shape index (κ3) is 1.66. The van der Waals surface area contributed by atoms with E-state index in [-0.39, 0.29) is 30.6 Å². The van der Waals surface area contributed by atoms with E-state index in [0.717, 1.165) is 12.8 Å². The van der Waals surface area contributed by atoms with Gasteiger partial charge in [-0.1, -0.05) is 0 Å². The Morgan fingerprint density at radius 1 is 1.00 bits per heavy atom. The molecule has 13 heavy (non-hydrogen) atoms. The van der Waals surface area contributed by atoms with Gasteiger partial charge < -0.3 is 9.47 Å². The monoisotopic (exact) mass is 184 g/mol. The van der Waals surface area contributed by atoms with E-state index in [4.69, 9.17) is 9.47 Å². The van der Waals surface area contributed by atoms with Crippen LogP contribution >= 0.6 is 0 Å². The van der Waals surface area contributed by atoms with Crippen LogP contribution in [0.3, 0.4) is 0 Å². The summed E-state index contributed by atoms with van der Waals surface area (Å²) in [4.78, 5) is 22.4. The van der Waals surface area contributed by atoms with Crippen molar-refractivity contribution in [1.82, 2.24) is 0 Å². The fourth-order valence-electron chi connectivity index (χ4n) is 1.56. The van der Waals surface area contributed by atoms with Gasteiger partial charge in [-0.15, -0.1) is 0 Å². The highest BCUT2D eigenvalue weighted by molar-refractivity contribution is 5.81. The molecule has 0 bridgehead atoms. The molecule has 1 heterocycles. The van der Waals surface area contributed by atoms with E-state index in [9.17, 15) is 9.59 Å². The summed E-state index contributed by atoms with van der Waals surface area (Å²) in [6.45, 7) is 0.396. The van der Waals surface area contributed by atoms with Crippen molar-refractivity contribution in [2.24, 2.45) is 5.41 Å². The fraction of sp³-hybridized carbons (Fsp3) is 0.778. The molecule has 1 saturated heterocycles. The summed E-state index contributed by atoms with van der Waals surface area (Å²) >= 11 is 0. The highest BCUT2D eigenvalue weighted by Gasteiger charge is 2.51. The minimum absolute atomic E-state index is 0.147. The first kappa shape index (κ1) is 8.53. The Kier molecular flexibility index (Phi) is 1.98. The number of carbonyl (C=O) groups is 2. The van der Waals surface area contributed by atoms with Crippen molar-refractivity contribution in [1.29, 1.82) is 0 Å². The van der Waals surface area contributed by atoms with Crippen LogP contribution in [-0.4, -0.2) is 25.2 Å². The van der Waals surface area contributed by atoms with Crippen molar-refractivity contribution in [3.8, 4) is 0 Å². The molecule has 0 atom stereocenters. The van der Waals surface area contributed by atoms with Crippen molar-refractivity contribution in [2.45, 2.75) is 25.7 Å². The molecule has 0 N–H and O–H groups in total. The van der Waals surface area contributed by atoms with Crippen LogP contribution in [-0.2, 0) is 19.1 Å². The molecule has 1 aliphatic carbocycles. The third-order valence-corrected chi connectivity index (χ3v) is 2.67. The van der Waals surface area contributed by atoms with Crippen molar-refractivity contribution < 1.29 is 19.1 Å². The van der Waals surface area contributed by atoms with Gasteiger partial charge in [0.1, 0.15) is 13.2 Å². The molecule has 0 radical (unpaired) electrons. The highest BCUT2D eigenvalue weighted by atomic mass is 16.6. The normalized spacial score (nSPS) is 26.8. The van der Waals surface area contributed by atoms with Gasteiger partial charge in [0.25, 0.3) is 0 Å². The van der Waals surface area contributed by atoms with Crippen LogP contribution in [0, 0.1) is 5.41 Å². The van der Waals surface area contributed by atoms with Crippen LogP contribution in [0.4, 0.5) is 0 Å². The van der Waals surface area contributed by atoms with Gasteiger partial charge in [-0.2, -0.15) is 0 Å². The predicted octanol–water partition coefficient (Wildman–Crippen LogP) is 0.647. The van der Waals surface area contributed by atoms with Crippen LogP contribution in [0.2, 0.25) is 0 Å². The maximum absolute atomic E-state index is 11.4. The molecule has 0 aromatic rings. The van der Waals surface area contributed by atoms with E-state index in [0.29, 0.717) is 12.8 Å². The van der Waals surface area contributed by atoms with Gasteiger partial charge in [0, 0.05) is 6.42 Å². The molecule has 0 aromatic heterocycles. The van der Waals surface area contributed by atoms with Crippen LogP contribution in [0.5, 0.6) is 0 Å². The summed E-state index contributed by atoms with van der Waals surface area (Å²) in [7, 11) is 0. The molecule has 1 saturated carbocycles. The zero-order chi connectivity index (χ0) is 9.31. The number of carbonyl (C=O) groups excluding carboxylic acids is 2. The van der Waals surface area contributed by atoms with Gasteiger partial charge in [0.05, 0.1) is 5.41 Å². The molecule has 2 fully saturated rings. The Morgan fingerprint density at radius 3 is 2.38 bits per heavy atom. The molecule has 0 unspecified atom stereocenters. The van der Waals surface area contributed by atoms with Gasteiger partial charge in [-0.3, -0.25) is 9.59 Å². The maximum atomic E-state index is 11.4. The molecule has 72 valence electrons. The highest BCUT2D eigenvalue weighted by Crippen LogP contribution is 2.50. The Balaban J connectivity index is 2.03. The van der Waals surface area contributed by atoms with E-state index in [1.54, 1.807) is 0 Å². The summed E-state index contributed by atoms with van der Waals surface area (Å²) in [5.74, 6) is -0.365. The molecular weight excluding hydrogens is 172 g/mol. The predicted molar refractivity (Wildman–Crippen MR) is 42.8 cm³/mol. The smallest absolute Gasteiger partial charge is 0.312 e. The van der Waals surface area contributed by atoms with E-state index < -0.39 is 0 Å². The molecule has 2 rings (SSSR count). The quantitative estimate of drug-likeness (QED) is 0.518. The van der Waals surface area contributed by atoms with Crippen molar-refractivity contribution in [3.63, 3.8) is 0 Å². The molecular formula is C9H12O4. The number of cyclic esters (lactones) is 2. The SMILES string of the molecule is O=C1CCC2(CC2)C(=O)OCCO1. The number of esters is 2. The Labute approximate surface area is 76.2 Å². The summed E-state index contributed by atoms with van der Waals surface area (Å²) < 4.78 is 9.79. The molecule has 0 amide bonds. The van der Waals surface area contributed by atoms with E-state index in [1.807, 2.05) is 0 Å². The van der Waals surface area contributed by atoms with Gasteiger partial charge in [-0.25, -0.2) is 0 Å². The summed E-state index contributed by atoms with van der Waals surface area (Å²) in [6, 6.07) is 0. The third-order valence-electron chi connectivity index (χ3n) is 2.67. The van der Waals surface area contributed by atoms with Crippen LogP contribution in [0.15, 0.2) is 0 Å². The minimum Gasteiger partial charge on any atom is -0.462 e. The minimum atomic E-state index is -0.330. The zero-order valence-corrected chi connectivity index (χ0v) is 7.38. The number of hydrogen-bond acceptors (Lipinski definition) is 4. The Morgan fingerprint density at radius 2 is 1.69 bits per heavy atom. The second-order valence-electron chi connectivity index (χ2n) is 3.64. The van der Waals surface area contributed by atoms with Gasteiger partial charge in [0.15, 0.2) is 0 Å². The van der Waals surface area contributed by atoms with Gasteiger partial charge in [0.2, 0.25) is 0 Å². The van der Waals surface area contributed by atoms with Crippen molar-refractivity contribution in [2.75, 3.05) is 13.2 Å². The molecule has 2 aliphatic rings. The van der Waals surface area contributed by atoms with Crippen LogP contribution < -0.4 is 0 Å². The lowest BCUT2D eigenvalue weighted by molar-refractivity contribution is -0.152. The number of ether oxygens (including phenoxy) is 2. The second-order valence-corrected chi connectivity index (χ2v) is 3.64. The second kappa shape index (κ2) is 3.01. The average Bonchev–Trinajstić information content (AvgIpc) is 2.88. The topological polar surface area (TPSA) is 52.6 Å². The largest absolute Gasteiger partial charge is 0.462 e. The fourth-order valence-corrected chi connectivity index (χ4v) is 1.56.